The van der Waals surface area contributed by atoms with Crippen LogP contribution in [-0.2, 0) is 5.54 Å². The number of nitrogens with zero attached hydrogens (tertiary/aromatic N) is 2. The number of hydrogen-bond donors (Lipinski definition) is 1. The number of aromatic nitrogens is 2. The number of aryl methyl sites for hydroxylation is 1. The van der Waals surface area contributed by atoms with Crippen molar-refractivity contribution in [2.45, 2.75) is 25.3 Å². The zero-order chi connectivity index (χ0) is 12.8. The Morgan fingerprint density at radius 1 is 1.17 bits per heavy atom. The molecule has 1 saturated carbocycles. The maximum absolute atomic E-state index is 12.9. The van der Waals surface area contributed by atoms with Crippen LogP contribution in [0.25, 0.3) is 11.3 Å². The summed E-state index contributed by atoms with van der Waals surface area (Å²) in [6, 6.07) is 8.19. The van der Waals surface area contributed by atoms with Crippen molar-refractivity contribution in [1.82, 2.24) is 9.97 Å². The second kappa shape index (κ2) is 3.85. The molecule has 0 aliphatic heterocycles. The Balaban J connectivity index is 2.06. The van der Waals surface area contributed by atoms with Gasteiger partial charge in [-0.3, -0.25) is 0 Å². The molecule has 18 heavy (non-hydrogen) atoms. The summed E-state index contributed by atoms with van der Waals surface area (Å²) in [5.74, 6) is 0.448. The van der Waals surface area contributed by atoms with Crippen molar-refractivity contribution >= 4 is 0 Å². The fourth-order valence-electron chi connectivity index (χ4n) is 1.92. The summed E-state index contributed by atoms with van der Waals surface area (Å²) in [6.07, 6.45) is 1.86. The van der Waals surface area contributed by atoms with Crippen LogP contribution in [0.2, 0.25) is 0 Å². The van der Waals surface area contributed by atoms with Crippen LogP contribution in [0.4, 0.5) is 4.39 Å². The van der Waals surface area contributed by atoms with Gasteiger partial charge in [0, 0.05) is 11.3 Å². The van der Waals surface area contributed by atoms with Gasteiger partial charge in [0.25, 0.3) is 0 Å². The molecule has 1 aromatic heterocycles. The lowest BCUT2D eigenvalue weighted by Crippen LogP contribution is -2.22. The van der Waals surface area contributed by atoms with Crippen molar-refractivity contribution in [1.29, 1.82) is 0 Å². The van der Waals surface area contributed by atoms with Gasteiger partial charge in [0.1, 0.15) is 11.6 Å². The Morgan fingerprint density at radius 2 is 1.83 bits per heavy atom. The van der Waals surface area contributed by atoms with Crippen LogP contribution in [0, 0.1) is 12.7 Å². The fourth-order valence-corrected chi connectivity index (χ4v) is 1.92. The number of rotatable bonds is 2. The Labute approximate surface area is 105 Å². The van der Waals surface area contributed by atoms with Crippen LogP contribution < -0.4 is 5.73 Å². The van der Waals surface area contributed by atoms with Crippen molar-refractivity contribution in [2.75, 3.05) is 0 Å². The molecular formula is C14H14FN3. The molecule has 2 aromatic rings. The maximum Gasteiger partial charge on any atom is 0.149 e. The van der Waals surface area contributed by atoms with E-state index < -0.39 is 0 Å². The smallest absolute Gasteiger partial charge is 0.149 e. The number of nitrogens with two attached hydrogens (primary N) is 1. The number of benzene rings is 1. The van der Waals surface area contributed by atoms with E-state index in [1.165, 1.54) is 12.1 Å². The SMILES string of the molecule is Cc1cc(-c2ccc(F)cc2)nc(C2(N)CC2)n1. The Morgan fingerprint density at radius 3 is 2.44 bits per heavy atom. The number of halogens is 1. The summed E-state index contributed by atoms with van der Waals surface area (Å²) in [6.45, 7) is 1.92. The zero-order valence-corrected chi connectivity index (χ0v) is 10.2. The van der Waals surface area contributed by atoms with Gasteiger partial charge in [-0.15, -0.1) is 0 Å². The Hall–Kier alpha value is -1.81. The molecule has 0 saturated heterocycles. The quantitative estimate of drug-likeness (QED) is 0.881. The van der Waals surface area contributed by atoms with Gasteiger partial charge in [-0.1, -0.05) is 0 Å². The van der Waals surface area contributed by atoms with Crippen LogP contribution in [0.3, 0.4) is 0 Å². The van der Waals surface area contributed by atoms with Crippen LogP contribution >= 0.6 is 0 Å². The first-order chi connectivity index (χ1) is 8.57. The molecule has 3 nitrogen and oxygen atoms in total. The summed E-state index contributed by atoms with van der Waals surface area (Å²) in [5.41, 5.74) is 8.34. The molecule has 0 bridgehead atoms. The lowest BCUT2D eigenvalue weighted by atomic mass is 10.1. The second-order valence-electron chi connectivity index (χ2n) is 4.88. The molecule has 92 valence electrons. The van der Waals surface area contributed by atoms with Crippen LogP contribution in [0.1, 0.15) is 24.4 Å². The van der Waals surface area contributed by atoms with Crippen LogP contribution in [-0.4, -0.2) is 9.97 Å². The third-order valence-corrected chi connectivity index (χ3v) is 3.23. The topological polar surface area (TPSA) is 51.8 Å². The van der Waals surface area contributed by atoms with E-state index in [0.717, 1.165) is 29.8 Å². The molecule has 2 N–H and O–H groups in total. The van der Waals surface area contributed by atoms with Crippen molar-refractivity contribution in [3.8, 4) is 11.3 Å². The van der Waals surface area contributed by atoms with Gasteiger partial charge in [-0.25, -0.2) is 14.4 Å². The number of hydrogen-bond acceptors (Lipinski definition) is 3. The minimum absolute atomic E-state index is 0.248. The highest BCUT2D eigenvalue weighted by molar-refractivity contribution is 5.59. The zero-order valence-electron chi connectivity index (χ0n) is 10.2. The lowest BCUT2D eigenvalue weighted by Gasteiger charge is -2.10. The van der Waals surface area contributed by atoms with E-state index in [1.807, 2.05) is 13.0 Å². The van der Waals surface area contributed by atoms with E-state index in [4.69, 9.17) is 5.73 Å². The summed E-state index contributed by atoms with van der Waals surface area (Å²) in [4.78, 5) is 8.91. The highest BCUT2D eigenvalue weighted by atomic mass is 19.1. The van der Waals surface area contributed by atoms with E-state index in [2.05, 4.69) is 9.97 Å². The lowest BCUT2D eigenvalue weighted by molar-refractivity contribution is 0.628. The van der Waals surface area contributed by atoms with Gasteiger partial charge in [0.2, 0.25) is 0 Å². The Kier molecular flexibility index (Phi) is 2.41. The third kappa shape index (κ3) is 1.99. The maximum atomic E-state index is 12.9. The highest BCUT2D eigenvalue weighted by Gasteiger charge is 2.43. The fraction of sp³-hybridized carbons (Fsp3) is 0.286. The summed E-state index contributed by atoms with van der Waals surface area (Å²) in [5, 5.41) is 0. The molecule has 1 aliphatic rings. The van der Waals surface area contributed by atoms with Gasteiger partial charge in [0.15, 0.2) is 0 Å². The molecule has 0 amide bonds. The average molecular weight is 243 g/mol. The van der Waals surface area contributed by atoms with E-state index >= 15 is 0 Å². The summed E-state index contributed by atoms with van der Waals surface area (Å²) in [7, 11) is 0. The molecule has 0 spiro atoms. The molecule has 0 radical (unpaired) electrons. The van der Waals surface area contributed by atoms with Crippen molar-refractivity contribution in [3.05, 3.63) is 47.7 Å². The van der Waals surface area contributed by atoms with Gasteiger partial charge < -0.3 is 5.73 Å². The van der Waals surface area contributed by atoms with E-state index in [0.29, 0.717) is 5.82 Å². The minimum Gasteiger partial charge on any atom is -0.319 e. The molecule has 3 rings (SSSR count). The van der Waals surface area contributed by atoms with E-state index in [-0.39, 0.29) is 11.4 Å². The molecule has 1 heterocycles. The largest absolute Gasteiger partial charge is 0.319 e. The molecule has 4 heteroatoms. The van der Waals surface area contributed by atoms with Gasteiger partial charge >= 0.3 is 0 Å². The molecule has 1 aliphatic carbocycles. The van der Waals surface area contributed by atoms with Gasteiger partial charge in [-0.05, 0) is 50.1 Å². The summed E-state index contributed by atoms with van der Waals surface area (Å²) < 4.78 is 12.9. The molecular weight excluding hydrogens is 229 g/mol. The standard InChI is InChI=1S/C14H14FN3/c1-9-8-12(10-2-4-11(15)5-3-10)18-13(17-9)14(16)6-7-14/h2-5,8H,6-7,16H2,1H3. The van der Waals surface area contributed by atoms with Crippen molar-refractivity contribution in [2.24, 2.45) is 5.73 Å². The normalized spacial score (nSPS) is 16.6. The third-order valence-electron chi connectivity index (χ3n) is 3.23. The first-order valence-electron chi connectivity index (χ1n) is 5.98. The first kappa shape index (κ1) is 11.3. The van der Waals surface area contributed by atoms with Crippen molar-refractivity contribution in [3.63, 3.8) is 0 Å². The van der Waals surface area contributed by atoms with Gasteiger partial charge in [-0.2, -0.15) is 0 Å². The molecule has 0 atom stereocenters. The summed E-state index contributed by atoms with van der Waals surface area (Å²) >= 11 is 0. The highest BCUT2D eigenvalue weighted by Crippen LogP contribution is 2.41. The first-order valence-corrected chi connectivity index (χ1v) is 5.98. The predicted molar refractivity (Wildman–Crippen MR) is 67.3 cm³/mol. The molecule has 1 fully saturated rings. The predicted octanol–water partition coefficient (Wildman–Crippen LogP) is 2.54. The second-order valence-corrected chi connectivity index (χ2v) is 4.88. The van der Waals surface area contributed by atoms with Crippen molar-refractivity contribution < 1.29 is 4.39 Å². The monoisotopic (exact) mass is 243 g/mol. The Bertz CT molecular complexity index is 588. The minimum atomic E-state index is -0.346. The van der Waals surface area contributed by atoms with E-state index in [1.54, 1.807) is 12.1 Å². The van der Waals surface area contributed by atoms with Crippen LogP contribution in [0.5, 0.6) is 0 Å². The van der Waals surface area contributed by atoms with E-state index in [9.17, 15) is 4.39 Å². The molecule has 1 aromatic carbocycles. The molecule has 0 unspecified atom stereocenters. The van der Waals surface area contributed by atoms with Crippen LogP contribution in [0.15, 0.2) is 30.3 Å². The van der Waals surface area contributed by atoms with Gasteiger partial charge in [0.05, 0.1) is 11.2 Å². The average Bonchev–Trinajstić information content (AvgIpc) is 3.09.